The normalized spacial score (nSPS) is 17.3. The molecule has 1 unspecified atom stereocenters. The lowest BCUT2D eigenvalue weighted by Gasteiger charge is -2.25. The molecule has 6 heteroatoms. The van der Waals surface area contributed by atoms with Crippen LogP contribution in [0.15, 0.2) is 72.6 Å². The highest BCUT2D eigenvalue weighted by atomic mass is 16.5. The third kappa shape index (κ3) is 4.89. The van der Waals surface area contributed by atoms with Crippen LogP contribution < -0.4 is 9.64 Å². The van der Waals surface area contributed by atoms with E-state index < -0.39 is 17.7 Å². The number of carbonyl (C=O) groups is 2. The lowest BCUT2D eigenvalue weighted by molar-refractivity contribution is -0.132. The van der Waals surface area contributed by atoms with Gasteiger partial charge in [0.25, 0.3) is 11.7 Å². The standard InChI is InChI=1S/C30H32N2O4/c1-18(2)17-36-25-13-10-22(15-20(25)5)28(33)26-27(23-7-6-14-31-16-23)32(30(35)29(26)34)24-11-8-21(9-12-24)19(3)4/h6-16,18-19,27,33H,17H2,1-5H3/b28-26-. The molecule has 0 radical (unpaired) electrons. The lowest BCUT2D eigenvalue weighted by Crippen LogP contribution is -2.29. The summed E-state index contributed by atoms with van der Waals surface area (Å²) in [4.78, 5) is 32.3. The monoisotopic (exact) mass is 484 g/mol. The van der Waals surface area contributed by atoms with Crippen LogP contribution in [0.25, 0.3) is 5.76 Å². The Hall–Kier alpha value is -3.93. The number of hydrogen-bond acceptors (Lipinski definition) is 5. The molecule has 1 aliphatic heterocycles. The summed E-state index contributed by atoms with van der Waals surface area (Å²) in [5.41, 5.74) is 3.67. The minimum atomic E-state index is -0.805. The van der Waals surface area contributed by atoms with Crippen molar-refractivity contribution in [2.24, 2.45) is 5.92 Å². The molecule has 1 fully saturated rings. The summed E-state index contributed by atoms with van der Waals surface area (Å²) in [5, 5.41) is 11.4. The molecule has 3 aromatic rings. The summed E-state index contributed by atoms with van der Waals surface area (Å²) in [5.74, 6) is -0.206. The van der Waals surface area contributed by atoms with E-state index in [1.807, 2.05) is 31.2 Å². The molecule has 0 spiro atoms. The molecule has 36 heavy (non-hydrogen) atoms. The van der Waals surface area contributed by atoms with E-state index in [1.54, 1.807) is 42.7 Å². The number of ether oxygens (including phenoxy) is 1. The molecule has 0 saturated carbocycles. The minimum absolute atomic E-state index is 0.0381. The molecule has 1 saturated heterocycles. The summed E-state index contributed by atoms with van der Waals surface area (Å²) < 4.78 is 5.85. The van der Waals surface area contributed by atoms with Crippen LogP contribution in [-0.2, 0) is 9.59 Å². The summed E-state index contributed by atoms with van der Waals surface area (Å²) in [6, 6.07) is 15.6. The number of amides is 1. The van der Waals surface area contributed by atoms with Crippen LogP contribution in [0.1, 0.15) is 61.9 Å². The predicted octanol–water partition coefficient (Wildman–Crippen LogP) is 6.17. The fourth-order valence-corrected chi connectivity index (χ4v) is 4.34. The van der Waals surface area contributed by atoms with Crippen molar-refractivity contribution in [2.75, 3.05) is 11.5 Å². The first-order valence-corrected chi connectivity index (χ1v) is 12.2. The number of hydrogen-bond donors (Lipinski definition) is 1. The van der Waals surface area contributed by atoms with Gasteiger partial charge in [-0.25, -0.2) is 0 Å². The minimum Gasteiger partial charge on any atom is -0.507 e. The second-order valence-corrected chi connectivity index (χ2v) is 9.89. The van der Waals surface area contributed by atoms with Gasteiger partial charge in [0.15, 0.2) is 0 Å². The van der Waals surface area contributed by atoms with E-state index in [1.165, 1.54) is 4.90 Å². The van der Waals surface area contributed by atoms with Crippen LogP contribution in [0.2, 0.25) is 0 Å². The zero-order valence-corrected chi connectivity index (χ0v) is 21.4. The molecule has 2 heterocycles. The Balaban J connectivity index is 1.81. The molecule has 6 nitrogen and oxygen atoms in total. The van der Waals surface area contributed by atoms with Crippen LogP contribution in [0.5, 0.6) is 5.75 Å². The number of aromatic nitrogens is 1. The fraction of sp³-hybridized carbons (Fsp3) is 0.300. The van der Waals surface area contributed by atoms with E-state index in [0.717, 1.165) is 16.9 Å². The van der Waals surface area contributed by atoms with Gasteiger partial charge in [-0.1, -0.05) is 45.9 Å². The maximum absolute atomic E-state index is 13.3. The Labute approximate surface area is 212 Å². The number of Topliss-reactive ketones (excluding diaryl/α,β-unsaturated/α-hetero) is 1. The van der Waals surface area contributed by atoms with Gasteiger partial charge >= 0.3 is 0 Å². The molecule has 1 aromatic heterocycles. The molecular weight excluding hydrogens is 452 g/mol. The molecule has 186 valence electrons. The zero-order valence-electron chi connectivity index (χ0n) is 21.4. The van der Waals surface area contributed by atoms with Crippen molar-refractivity contribution in [2.45, 2.75) is 46.6 Å². The second-order valence-electron chi connectivity index (χ2n) is 9.89. The molecule has 1 aliphatic rings. The Morgan fingerprint density at radius 3 is 2.36 bits per heavy atom. The maximum atomic E-state index is 13.3. The van der Waals surface area contributed by atoms with Crippen molar-refractivity contribution in [3.05, 3.63) is 94.8 Å². The lowest BCUT2D eigenvalue weighted by atomic mass is 9.95. The van der Waals surface area contributed by atoms with E-state index in [2.05, 4.69) is 32.7 Å². The van der Waals surface area contributed by atoms with Gasteiger partial charge in [-0.2, -0.15) is 0 Å². The van der Waals surface area contributed by atoms with E-state index in [-0.39, 0.29) is 11.3 Å². The third-order valence-electron chi connectivity index (χ3n) is 6.30. The van der Waals surface area contributed by atoms with Crippen LogP contribution in [-0.4, -0.2) is 28.4 Å². The number of carbonyl (C=O) groups excluding carboxylic acids is 2. The first-order chi connectivity index (χ1) is 17.2. The average Bonchev–Trinajstić information content (AvgIpc) is 3.13. The first kappa shape index (κ1) is 25.2. The Morgan fingerprint density at radius 1 is 1.06 bits per heavy atom. The molecule has 1 N–H and O–H groups in total. The number of pyridine rings is 1. The van der Waals surface area contributed by atoms with E-state index in [0.29, 0.717) is 35.3 Å². The molecule has 0 aliphatic carbocycles. The summed E-state index contributed by atoms with van der Waals surface area (Å²) in [6.45, 7) is 10.8. The smallest absolute Gasteiger partial charge is 0.300 e. The highest BCUT2D eigenvalue weighted by Crippen LogP contribution is 2.42. The average molecular weight is 485 g/mol. The predicted molar refractivity (Wildman–Crippen MR) is 141 cm³/mol. The number of ketones is 1. The molecule has 2 aromatic carbocycles. The van der Waals surface area contributed by atoms with Crippen molar-refractivity contribution in [1.82, 2.24) is 4.98 Å². The first-order valence-electron chi connectivity index (χ1n) is 12.2. The fourth-order valence-electron chi connectivity index (χ4n) is 4.34. The number of nitrogens with zero attached hydrogens (tertiary/aromatic N) is 2. The molecule has 1 amide bonds. The number of aliphatic hydroxyl groups is 1. The number of benzene rings is 2. The number of aliphatic hydroxyl groups excluding tert-OH is 1. The Bertz CT molecular complexity index is 1290. The van der Waals surface area contributed by atoms with Crippen molar-refractivity contribution in [3.63, 3.8) is 0 Å². The highest BCUT2D eigenvalue weighted by molar-refractivity contribution is 6.51. The second kappa shape index (κ2) is 10.4. The number of anilines is 1. The molecule has 4 rings (SSSR count). The van der Waals surface area contributed by atoms with Crippen molar-refractivity contribution in [3.8, 4) is 5.75 Å². The zero-order chi connectivity index (χ0) is 26.0. The van der Waals surface area contributed by atoms with Gasteiger partial charge in [0.1, 0.15) is 11.5 Å². The van der Waals surface area contributed by atoms with E-state index in [4.69, 9.17) is 4.74 Å². The summed E-state index contributed by atoms with van der Waals surface area (Å²) in [6.07, 6.45) is 3.25. The van der Waals surface area contributed by atoms with Crippen LogP contribution in [0.3, 0.4) is 0 Å². The van der Waals surface area contributed by atoms with Crippen molar-refractivity contribution >= 4 is 23.1 Å². The molecular formula is C30H32N2O4. The largest absolute Gasteiger partial charge is 0.507 e. The number of rotatable bonds is 7. The van der Waals surface area contributed by atoms with Gasteiger partial charge in [-0.15, -0.1) is 0 Å². The van der Waals surface area contributed by atoms with Gasteiger partial charge in [-0.3, -0.25) is 19.5 Å². The quantitative estimate of drug-likeness (QED) is 0.246. The maximum Gasteiger partial charge on any atom is 0.300 e. The van der Waals surface area contributed by atoms with E-state index in [9.17, 15) is 14.7 Å². The molecule has 0 bridgehead atoms. The third-order valence-corrected chi connectivity index (χ3v) is 6.30. The van der Waals surface area contributed by atoms with Crippen LogP contribution in [0, 0.1) is 12.8 Å². The van der Waals surface area contributed by atoms with Gasteiger partial charge in [0, 0.05) is 23.6 Å². The number of aryl methyl sites for hydroxylation is 1. The summed E-state index contributed by atoms with van der Waals surface area (Å²) in [7, 11) is 0. The Kier molecular flexibility index (Phi) is 7.25. The van der Waals surface area contributed by atoms with Crippen LogP contribution >= 0.6 is 0 Å². The van der Waals surface area contributed by atoms with Crippen LogP contribution in [0.4, 0.5) is 5.69 Å². The SMILES string of the molecule is Cc1cc(/C(O)=C2/C(=O)C(=O)N(c3ccc(C(C)C)cc3)C2c2cccnc2)ccc1OCC(C)C. The van der Waals surface area contributed by atoms with Gasteiger partial charge in [0.2, 0.25) is 0 Å². The van der Waals surface area contributed by atoms with Gasteiger partial charge < -0.3 is 9.84 Å². The summed E-state index contributed by atoms with van der Waals surface area (Å²) >= 11 is 0. The van der Waals surface area contributed by atoms with Gasteiger partial charge in [-0.05, 0) is 71.8 Å². The van der Waals surface area contributed by atoms with Gasteiger partial charge in [0.05, 0.1) is 18.2 Å². The topological polar surface area (TPSA) is 79.7 Å². The van der Waals surface area contributed by atoms with E-state index >= 15 is 0 Å². The molecule has 1 atom stereocenters. The Morgan fingerprint density at radius 2 is 1.78 bits per heavy atom. The van der Waals surface area contributed by atoms with Crippen molar-refractivity contribution in [1.29, 1.82) is 0 Å². The van der Waals surface area contributed by atoms with Crippen molar-refractivity contribution < 1.29 is 19.4 Å². The highest BCUT2D eigenvalue weighted by Gasteiger charge is 2.47.